The second-order valence-corrected chi connectivity index (χ2v) is 4.63. The third-order valence-corrected chi connectivity index (χ3v) is 2.63. The van der Waals surface area contributed by atoms with Crippen LogP contribution in [0.4, 0.5) is 0 Å². The molecular weight excluding hydrogens is 196 g/mol. The van der Waals surface area contributed by atoms with Crippen LogP contribution in [0.3, 0.4) is 0 Å². The maximum Gasteiger partial charge on any atom is 0.157 e. The van der Waals surface area contributed by atoms with Gasteiger partial charge in [-0.3, -0.25) is 0 Å². The van der Waals surface area contributed by atoms with E-state index in [1.165, 1.54) is 0 Å². The van der Waals surface area contributed by atoms with Crippen molar-refractivity contribution in [3.05, 3.63) is 0 Å². The standard InChI is InChI=1S/C11H22O4/c1-11(2,13)9(12)5-3-6-10-14-7-4-8-15-10/h9-10,12-13H,3-8H2,1-2H3/t9-/m0/s1. The minimum Gasteiger partial charge on any atom is -0.390 e. The van der Waals surface area contributed by atoms with Crippen molar-refractivity contribution in [1.29, 1.82) is 0 Å². The van der Waals surface area contributed by atoms with Crippen molar-refractivity contribution in [3.8, 4) is 0 Å². The number of hydrogen-bond acceptors (Lipinski definition) is 4. The Labute approximate surface area is 91.2 Å². The van der Waals surface area contributed by atoms with Gasteiger partial charge in [0.15, 0.2) is 6.29 Å². The molecule has 0 radical (unpaired) electrons. The highest BCUT2D eigenvalue weighted by atomic mass is 16.7. The van der Waals surface area contributed by atoms with E-state index < -0.39 is 11.7 Å². The van der Waals surface area contributed by atoms with Crippen molar-refractivity contribution < 1.29 is 19.7 Å². The number of rotatable bonds is 5. The second kappa shape index (κ2) is 5.80. The largest absolute Gasteiger partial charge is 0.390 e. The molecule has 0 unspecified atom stereocenters. The third kappa shape index (κ3) is 4.93. The lowest BCUT2D eigenvalue weighted by Crippen LogP contribution is -2.36. The molecule has 0 spiro atoms. The van der Waals surface area contributed by atoms with Gasteiger partial charge in [0.05, 0.1) is 24.9 Å². The van der Waals surface area contributed by atoms with Gasteiger partial charge in [0, 0.05) is 0 Å². The Balaban J connectivity index is 2.10. The number of hydrogen-bond donors (Lipinski definition) is 2. The van der Waals surface area contributed by atoms with Gasteiger partial charge < -0.3 is 19.7 Å². The maximum atomic E-state index is 9.58. The highest BCUT2D eigenvalue weighted by Crippen LogP contribution is 2.17. The molecular formula is C11H22O4. The van der Waals surface area contributed by atoms with Crippen LogP contribution in [-0.2, 0) is 9.47 Å². The molecule has 0 aromatic heterocycles. The molecule has 1 heterocycles. The fourth-order valence-electron chi connectivity index (χ4n) is 1.53. The Morgan fingerprint density at radius 2 is 1.93 bits per heavy atom. The molecule has 1 atom stereocenters. The van der Waals surface area contributed by atoms with E-state index in [0.29, 0.717) is 6.42 Å². The third-order valence-electron chi connectivity index (χ3n) is 2.63. The van der Waals surface area contributed by atoms with Crippen LogP contribution >= 0.6 is 0 Å². The van der Waals surface area contributed by atoms with Gasteiger partial charge in [-0.15, -0.1) is 0 Å². The molecule has 0 bridgehead atoms. The van der Waals surface area contributed by atoms with Gasteiger partial charge in [0.1, 0.15) is 0 Å². The molecule has 1 aliphatic heterocycles. The molecule has 4 nitrogen and oxygen atoms in total. The predicted molar refractivity (Wildman–Crippen MR) is 56.5 cm³/mol. The zero-order chi connectivity index (χ0) is 11.3. The van der Waals surface area contributed by atoms with Crippen molar-refractivity contribution in [2.45, 2.75) is 57.5 Å². The van der Waals surface area contributed by atoms with E-state index in [9.17, 15) is 10.2 Å². The number of aliphatic hydroxyl groups is 2. The molecule has 2 N–H and O–H groups in total. The van der Waals surface area contributed by atoms with Crippen LogP contribution in [0.5, 0.6) is 0 Å². The van der Waals surface area contributed by atoms with Gasteiger partial charge >= 0.3 is 0 Å². The summed E-state index contributed by atoms with van der Waals surface area (Å²) in [5.74, 6) is 0. The number of aliphatic hydroxyl groups excluding tert-OH is 1. The van der Waals surface area contributed by atoms with Crippen molar-refractivity contribution in [2.24, 2.45) is 0 Å². The normalized spacial score (nSPS) is 21.6. The quantitative estimate of drug-likeness (QED) is 0.724. The van der Waals surface area contributed by atoms with E-state index >= 15 is 0 Å². The number of ether oxygens (including phenoxy) is 2. The topological polar surface area (TPSA) is 58.9 Å². The van der Waals surface area contributed by atoms with Gasteiger partial charge in [0.2, 0.25) is 0 Å². The lowest BCUT2D eigenvalue weighted by molar-refractivity contribution is -0.182. The summed E-state index contributed by atoms with van der Waals surface area (Å²) >= 11 is 0. The van der Waals surface area contributed by atoms with Gasteiger partial charge in [-0.2, -0.15) is 0 Å². The first-order chi connectivity index (χ1) is 7.00. The van der Waals surface area contributed by atoms with Crippen molar-refractivity contribution >= 4 is 0 Å². The lowest BCUT2D eigenvalue weighted by atomic mass is 9.97. The highest BCUT2D eigenvalue weighted by molar-refractivity contribution is 4.76. The molecule has 1 fully saturated rings. The summed E-state index contributed by atoms with van der Waals surface area (Å²) in [5.41, 5.74) is -1.02. The zero-order valence-corrected chi connectivity index (χ0v) is 9.61. The minimum absolute atomic E-state index is 0.118. The van der Waals surface area contributed by atoms with Crippen LogP contribution in [0.1, 0.15) is 39.5 Å². The minimum atomic E-state index is -1.02. The lowest BCUT2D eigenvalue weighted by Gasteiger charge is -2.26. The molecule has 90 valence electrons. The molecule has 15 heavy (non-hydrogen) atoms. The van der Waals surface area contributed by atoms with Gasteiger partial charge in [-0.05, 0) is 39.5 Å². The van der Waals surface area contributed by atoms with Crippen LogP contribution < -0.4 is 0 Å². The molecule has 1 aliphatic rings. The average Bonchev–Trinajstić information content (AvgIpc) is 2.18. The monoisotopic (exact) mass is 218 g/mol. The Hall–Kier alpha value is -0.160. The summed E-state index contributed by atoms with van der Waals surface area (Å²) in [6, 6.07) is 0. The fourth-order valence-corrected chi connectivity index (χ4v) is 1.53. The first-order valence-electron chi connectivity index (χ1n) is 5.64. The Kier molecular flexibility index (Phi) is 4.99. The molecule has 4 heteroatoms. The average molecular weight is 218 g/mol. The summed E-state index contributed by atoms with van der Waals surface area (Å²) in [6.45, 7) is 4.76. The molecule has 0 aromatic carbocycles. The zero-order valence-electron chi connectivity index (χ0n) is 9.61. The van der Waals surface area contributed by atoms with Gasteiger partial charge in [-0.25, -0.2) is 0 Å². The smallest absolute Gasteiger partial charge is 0.157 e. The molecule has 0 amide bonds. The van der Waals surface area contributed by atoms with E-state index in [0.717, 1.165) is 32.5 Å². The molecule has 1 rings (SSSR count). The molecule has 0 aliphatic carbocycles. The Morgan fingerprint density at radius 3 is 2.47 bits per heavy atom. The SMILES string of the molecule is CC(C)(O)[C@@H](O)CCCC1OCCCO1. The maximum absolute atomic E-state index is 9.58. The van der Waals surface area contributed by atoms with Crippen molar-refractivity contribution in [1.82, 2.24) is 0 Å². The first kappa shape index (κ1) is 12.9. The van der Waals surface area contributed by atoms with Crippen LogP contribution in [-0.4, -0.2) is 41.4 Å². The van der Waals surface area contributed by atoms with E-state index in [4.69, 9.17) is 9.47 Å². The highest BCUT2D eigenvalue weighted by Gasteiger charge is 2.24. The Bertz CT molecular complexity index is 170. The summed E-state index contributed by atoms with van der Waals surface area (Å²) in [5, 5.41) is 19.1. The predicted octanol–water partition coefficient (Wildman–Crippen LogP) is 1.05. The molecule has 0 aromatic rings. The summed E-state index contributed by atoms with van der Waals surface area (Å²) in [4.78, 5) is 0. The molecule has 1 saturated heterocycles. The second-order valence-electron chi connectivity index (χ2n) is 4.63. The van der Waals surface area contributed by atoms with Crippen molar-refractivity contribution in [3.63, 3.8) is 0 Å². The van der Waals surface area contributed by atoms with Crippen molar-refractivity contribution in [2.75, 3.05) is 13.2 Å². The fraction of sp³-hybridized carbons (Fsp3) is 1.00. The summed E-state index contributed by atoms with van der Waals surface area (Å²) < 4.78 is 10.8. The van der Waals surface area contributed by atoms with Crippen LogP contribution in [0.2, 0.25) is 0 Å². The van der Waals surface area contributed by atoms with Gasteiger partial charge in [0.25, 0.3) is 0 Å². The van der Waals surface area contributed by atoms with E-state index in [1.54, 1.807) is 13.8 Å². The Morgan fingerprint density at radius 1 is 1.33 bits per heavy atom. The van der Waals surface area contributed by atoms with Crippen LogP contribution in [0.15, 0.2) is 0 Å². The van der Waals surface area contributed by atoms with Crippen LogP contribution in [0, 0.1) is 0 Å². The molecule has 0 saturated carbocycles. The summed E-state index contributed by atoms with van der Waals surface area (Å²) in [6.07, 6.45) is 2.33. The van der Waals surface area contributed by atoms with Gasteiger partial charge in [-0.1, -0.05) is 0 Å². The summed E-state index contributed by atoms with van der Waals surface area (Å²) in [7, 11) is 0. The van der Waals surface area contributed by atoms with E-state index in [2.05, 4.69) is 0 Å². The van der Waals surface area contributed by atoms with E-state index in [-0.39, 0.29) is 6.29 Å². The first-order valence-corrected chi connectivity index (χ1v) is 5.64. The van der Waals surface area contributed by atoms with E-state index in [1.807, 2.05) is 0 Å². The van der Waals surface area contributed by atoms with Crippen LogP contribution in [0.25, 0.3) is 0 Å².